The predicted octanol–water partition coefficient (Wildman–Crippen LogP) is 6.15. The van der Waals surface area contributed by atoms with E-state index < -0.39 is 0 Å². The van der Waals surface area contributed by atoms with Gasteiger partial charge in [0.2, 0.25) is 5.78 Å². The Kier molecular flexibility index (Phi) is 4.86. The van der Waals surface area contributed by atoms with Crippen molar-refractivity contribution in [1.29, 1.82) is 0 Å². The number of aromatic nitrogens is 1. The first-order valence-corrected chi connectivity index (χ1v) is 11.3. The second-order valence-electron chi connectivity index (χ2n) is 8.38. The van der Waals surface area contributed by atoms with E-state index in [9.17, 15) is 14.4 Å². The van der Waals surface area contributed by atoms with Crippen LogP contribution in [0, 0.1) is 0 Å². The third kappa shape index (κ3) is 3.19. The second kappa shape index (κ2) is 8.19. The molecule has 0 atom stereocenters. The molecule has 0 bridgehead atoms. The van der Waals surface area contributed by atoms with Gasteiger partial charge in [-0.25, -0.2) is 0 Å². The Morgan fingerprint density at radius 2 is 1.06 bits per heavy atom. The van der Waals surface area contributed by atoms with Gasteiger partial charge < -0.3 is 4.57 Å². The number of ketones is 3. The van der Waals surface area contributed by atoms with Gasteiger partial charge >= 0.3 is 0 Å². The van der Waals surface area contributed by atoms with Gasteiger partial charge in [-0.2, -0.15) is 0 Å². The molecule has 6 rings (SSSR count). The van der Waals surface area contributed by atoms with Gasteiger partial charge in [0.05, 0.1) is 16.8 Å². The lowest BCUT2D eigenvalue weighted by atomic mass is 9.84. The van der Waals surface area contributed by atoms with Crippen LogP contribution in [0.5, 0.6) is 0 Å². The molecule has 0 amide bonds. The zero-order chi connectivity index (χ0) is 23.9. The monoisotopic (exact) mass is 453 g/mol. The van der Waals surface area contributed by atoms with Gasteiger partial charge in [0, 0.05) is 22.4 Å². The Balaban J connectivity index is 1.78. The normalized spacial score (nSPS) is 12.2. The molecule has 166 valence electrons. The summed E-state index contributed by atoms with van der Waals surface area (Å²) in [6.07, 6.45) is 0. The largest absolute Gasteiger partial charge is 0.305 e. The van der Waals surface area contributed by atoms with Gasteiger partial charge in [-0.1, -0.05) is 103 Å². The Hall–Kier alpha value is -4.83. The SMILES string of the molecule is O=C1c2ccccc2C(=O)c2c1c(C(=O)c1ccccc1)c(-c1ccccc1)n2-c1ccccc1. The van der Waals surface area contributed by atoms with Crippen molar-refractivity contribution in [2.24, 2.45) is 0 Å². The fourth-order valence-electron chi connectivity index (χ4n) is 4.81. The maximum atomic E-state index is 14.0. The van der Waals surface area contributed by atoms with Crippen LogP contribution in [0.1, 0.15) is 47.9 Å². The molecular weight excluding hydrogens is 434 g/mol. The molecule has 1 aliphatic carbocycles. The summed E-state index contributed by atoms with van der Waals surface area (Å²) in [6.45, 7) is 0. The van der Waals surface area contributed by atoms with Crippen molar-refractivity contribution >= 4 is 17.3 Å². The van der Waals surface area contributed by atoms with E-state index in [1.54, 1.807) is 53.1 Å². The molecule has 0 N–H and O–H groups in total. The van der Waals surface area contributed by atoms with E-state index in [-0.39, 0.29) is 34.2 Å². The van der Waals surface area contributed by atoms with E-state index in [1.807, 2.05) is 66.7 Å². The Labute approximate surface area is 202 Å². The molecule has 35 heavy (non-hydrogen) atoms. The van der Waals surface area contributed by atoms with Crippen LogP contribution in [0.25, 0.3) is 16.9 Å². The first kappa shape index (κ1) is 20.8. The van der Waals surface area contributed by atoms with Crippen molar-refractivity contribution in [3.05, 3.63) is 149 Å². The summed E-state index contributed by atoms with van der Waals surface area (Å²) in [4.78, 5) is 41.9. The molecule has 0 spiro atoms. The average molecular weight is 453 g/mol. The molecule has 1 aliphatic rings. The minimum absolute atomic E-state index is 0.158. The number of fused-ring (bicyclic) bond motifs is 2. The lowest BCUT2D eigenvalue weighted by molar-refractivity contribution is 0.0970. The lowest BCUT2D eigenvalue weighted by Gasteiger charge is -2.18. The van der Waals surface area contributed by atoms with Crippen LogP contribution < -0.4 is 0 Å². The number of hydrogen-bond donors (Lipinski definition) is 0. The van der Waals surface area contributed by atoms with Crippen LogP contribution in [0.3, 0.4) is 0 Å². The number of rotatable bonds is 4. The van der Waals surface area contributed by atoms with Crippen LogP contribution in [0.2, 0.25) is 0 Å². The number of para-hydroxylation sites is 1. The van der Waals surface area contributed by atoms with E-state index in [1.165, 1.54) is 0 Å². The van der Waals surface area contributed by atoms with E-state index in [0.717, 1.165) is 5.56 Å². The number of hydrogen-bond acceptors (Lipinski definition) is 3. The van der Waals surface area contributed by atoms with Crippen LogP contribution >= 0.6 is 0 Å². The third-order valence-corrected chi connectivity index (χ3v) is 6.35. The van der Waals surface area contributed by atoms with E-state index >= 15 is 0 Å². The smallest absolute Gasteiger partial charge is 0.211 e. The fourth-order valence-corrected chi connectivity index (χ4v) is 4.81. The number of nitrogens with zero attached hydrogens (tertiary/aromatic N) is 1. The predicted molar refractivity (Wildman–Crippen MR) is 134 cm³/mol. The molecule has 0 aliphatic heterocycles. The van der Waals surface area contributed by atoms with Crippen molar-refractivity contribution in [1.82, 2.24) is 4.57 Å². The summed E-state index contributed by atoms with van der Waals surface area (Å²) >= 11 is 0. The molecule has 0 saturated heterocycles. The molecule has 1 heterocycles. The van der Waals surface area contributed by atoms with Gasteiger partial charge in [-0.05, 0) is 17.7 Å². The highest BCUT2D eigenvalue weighted by atomic mass is 16.1. The quantitative estimate of drug-likeness (QED) is 0.301. The molecule has 4 aromatic carbocycles. The van der Waals surface area contributed by atoms with E-state index in [2.05, 4.69) is 0 Å². The summed E-state index contributed by atoms with van der Waals surface area (Å²) in [6, 6.07) is 34.5. The molecule has 0 unspecified atom stereocenters. The van der Waals surface area contributed by atoms with Crippen molar-refractivity contribution < 1.29 is 14.4 Å². The summed E-state index contributed by atoms with van der Waals surface area (Å²) in [7, 11) is 0. The van der Waals surface area contributed by atoms with Gasteiger partial charge in [0.1, 0.15) is 5.69 Å². The maximum Gasteiger partial charge on any atom is 0.211 e. The minimum Gasteiger partial charge on any atom is -0.305 e. The topological polar surface area (TPSA) is 56.1 Å². The number of carbonyl (C=O) groups excluding carboxylic acids is 3. The highest BCUT2D eigenvalue weighted by molar-refractivity contribution is 6.33. The fraction of sp³-hybridized carbons (Fsp3) is 0. The van der Waals surface area contributed by atoms with E-state index in [0.29, 0.717) is 28.1 Å². The molecule has 0 saturated carbocycles. The van der Waals surface area contributed by atoms with Gasteiger partial charge in [0.15, 0.2) is 11.6 Å². The zero-order valence-electron chi connectivity index (χ0n) is 18.6. The first-order valence-electron chi connectivity index (χ1n) is 11.3. The van der Waals surface area contributed by atoms with Crippen LogP contribution in [-0.2, 0) is 0 Å². The summed E-state index contributed by atoms with van der Waals surface area (Å²) in [5.41, 5.74) is 3.72. The standard InChI is InChI=1S/C31H19NO3/c33-29(21-14-6-2-7-15-21)25-26-28(31(35)24-19-11-10-18-23(24)30(26)34)32(22-16-8-3-9-17-22)27(25)20-12-4-1-5-13-20/h1-19H. The number of benzene rings is 4. The van der Waals surface area contributed by atoms with Crippen molar-refractivity contribution in [3.8, 4) is 16.9 Å². The molecule has 0 radical (unpaired) electrons. The molecule has 4 nitrogen and oxygen atoms in total. The van der Waals surface area contributed by atoms with E-state index in [4.69, 9.17) is 0 Å². The Morgan fingerprint density at radius 3 is 1.69 bits per heavy atom. The molecule has 5 aromatic rings. The molecule has 0 fully saturated rings. The molecular formula is C31H19NO3. The summed E-state index contributed by atoms with van der Waals surface area (Å²) < 4.78 is 1.77. The highest BCUT2D eigenvalue weighted by Crippen LogP contribution is 2.41. The summed E-state index contributed by atoms with van der Waals surface area (Å²) in [5, 5.41) is 0. The van der Waals surface area contributed by atoms with Crippen molar-refractivity contribution in [3.63, 3.8) is 0 Å². The first-order chi connectivity index (χ1) is 17.2. The Bertz CT molecular complexity index is 1610. The van der Waals surface area contributed by atoms with Crippen molar-refractivity contribution in [2.75, 3.05) is 0 Å². The molecule has 1 aromatic heterocycles. The highest BCUT2D eigenvalue weighted by Gasteiger charge is 2.40. The lowest BCUT2D eigenvalue weighted by Crippen LogP contribution is -2.23. The maximum absolute atomic E-state index is 14.0. The minimum atomic E-state index is -0.318. The third-order valence-electron chi connectivity index (χ3n) is 6.35. The van der Waals surface area contributed by atoms with Crippen LogP contribution in [-0.4, -0.2) is 21.9 Å². The summed E-state index contributed by atoms with van der Waals surface area (Å²) in [5.74, 6) is -0.888. The second-order valence-corrected chi connectivity index (χ2v) is 8.38. The zero-order valence-corrected chi connectivity index (χ0v) is 18.6. The Morgan fingerprint density at radius 1 is 0.543 bits per heavy atom. The van der Waals surface area contributed by atoms with Gasteiger partial charge in [-0.3, -0.25) is 14.4 Å². The van der Waals surface area contributed by atoms with Crippen molar-refractivity contribution in [2.45, 2.75) is 0 Å². The van der Waals surface area contributed by atoms with Gasteiger partial charge in [-0.15, -0.1) is 0 Å². The molecule has 4 heteroatoms. The average Bonchev–Trinajstić information content (AvgIpc) is 3.29. The van der Waals surface area contributed by atoms with Crippen LogP contribution in [0.15, 0.2) is 115 Å². The number of carbonyl (C=O) groups is 3. The van der Waals surface area contributed by atoms with Crippen LogP contribution in [0.4, 0.5) is 0 Å². The van der Waals surface area contributed by atoms with Gasteiger partial charge in [0.25, 0.3) is 0 Å².